The van der Waals surface area contributed by atoms with E-state index in [4.69, 9.17) is 4.74 Å². The van der Waals surface area contributed by atoms with E-state index in [1.165, 1.54) is 0 Å². The summed E-state index contributed by atoms with van der Waals surface area (Å²) < 4.78 is 18.6. The number of hydrogen-bond donors (Lipinski definition) is 1. The molecule has 3 nitrogen and oxygen atoms in total. The first-order chi connectivity index (χ1) is 9.60. The Bertz CT molecular complexity index is 576. The zero-order chi connectivity index (χ0) is 14.5. The molecule has 2 rings (SSSR count). The summed E-state index contributed by atoms with van der Waals surface area (Å²) in [5, 5.41) is 3.30. The topological polar surface area (TPSA) is 34.1 Å². The molecule has 1 heterocycles. The number of rotatable bonds is 5. The second kappa shape index (κ2) is 6.48. The molecule has 0 aliphatic rings. The summed E-state index contributed by atoms with van der Waals surface area (Å²) in [6.45, 7) is 4.90. The van der Waals surface area contributed by atoms with Gasteiger partial charge in [0.2, 0.25) is 5.88 Å². The van der Waals surface area contributed by atoms with Gasteiger partial charge in [0.25, 0.3) is 0 Å². The molecule has 20 heavy (non-hydrogen) atoms. The maximum atomic E-state index is 13.5. The number of nitrogens with one attached hydrogen (secondary N) is 1. The average molecular weight is 274 g/mol. The van der Waals surface area contributed by atoms with E-state index in [-0.39, 0.29) is 5.82 Å². The minimum Gasteiger partial charge on any atom is -0.481 e. The lowest BCUT2D eigenvalue weighted by Gasteiger charge is -2.09. The monoisotopic (exact) mass is 274 g/mol. The molecule has 1 aromatic carbocycles. The molecule has 1 N–H and O–H groups in total. The Kier molecular flexibility index (Phi) is 4.69. The maximum Gasteiger partial charge on any atom is 0.213 e. The maximum absolute atomic E-state index is 13.5. The molecule has 0 aliphatic carbocycles. The molecule has 1 aromatic heterocycles. The molecule has 0 amide bonds. The van der Waals surface area contributed by atoms with Crippen LogP contribution in [0.1, 0.15) is 22.4 Å². The predicted octanol–water partition coefficient (Wildman–Crippen LogP) is 3.14. The van der Waals surface area contributed by atoms with Crippen LogP contribution in [0.25, 0.3) is 0 Å². The molecule has 0 aliphatic heterocycles. The van der Waals surface area contributed by atoms with Gasteiger partial charge in [0.15, 0.2) is 0 Å². The molecule has 0 atom stereocenters. The van der Waals surface area contributed by atoms with Gasteiger partial charge in [0, 0.05) is 19.2 Å². The number of benzene rings is 1. The van der Waals surface area contributed by atoms with Gasteiger partial charge in [-0.05, 0) is 36.6 Å². The summed E-state index contributed by atoms with van der Waals surface area (Å²) in [7, 11) is 1.60. The number of hydrogen-bond acceptors (Lipinski definition) is 3. The molecule has 4 heteroatoms. The average Bonchev–Trinajstić information content (AvgIpc) is 2.45. The van der Waals surface area contributed by atoms with Gasteiger partial charge in [-0.25, -0.2) is 9.37 Å². The van der Waals surface area contributed by atoms with E-state index < -0.39 is 0 Å². The standard InChI is InChI=1S/C16H19FN2O/c1-11-7-13(8-12(2)16(11)17)9-18-10-14-5-4-6-15(19-14)20-3/h4-8,18H,9-10H2,1-3H3. The van der Waals surface area contributed by atoms with E-state index in [9.17, 15) is 4.39 Å². The number of methoxy groups -OCH3 is 1. The van der Waals surface area contributed by atoms with Crippen molar-refractivity contribution in [3.05, 3.63) is 58.5 Å². The molecule has 0 fully saturated rings. The smallest absolute Gasteiger partial charge is 0.213 e. The molecule has 0 spiro atoms. The van der Waals surface area contributed by atoms with Gasteiger partial charge in [0.1, 0.15) is 5.82 Å². The Balaban J connectivity index is 1.95. The van der Waals surface area contributed by atoms with E-state index in [0.717, 1.165) is 11.3 Å². The first kappa shape index (κ1) is 14.5. The molecule has 2 aromatic rings. The minimum absolute atomic E-state index is 0.122. The van der Waals surface area contributed by atoms with Crippen LogP contribution in [0.4, 0.5) is 4.39 Å². The zero-order valence-corrected chi connectivity index (χ0v) is 12.0. The molecular weight excluding hydrogens is 255 g/mol. The quantitative estimate of drug-likeness (QED) is 0.909. The van der Waals surface area contributed by atoms with Gasteiger partial charge in [-0.1, -0.05) is 18.2 Å². The highest BCUT2D eigenvalue weighted by Gasteiger charge is 2.04. The molecule has 0 bridgehead atoms. The van der Waals surface area contributed by atoms with Crippen molar-refractivity contribution in [2.45, 2.75) is 26.9 Å². The number of halogens is 1. The van der Waals surface area contributed by atoms with Crippen molar-refractivity contribution < 1.29 is 9.13 Å². The van der Waals surface area contributed by atoms with Gasteiger partial charge < -0.3 is 10.1 Å². The Morgan fingerprint density at radius 2 is 1.85 bits per heavy atom. The van der Waals surface area contributed by atoms with Crippen LogP contribution in [0.2, 0.25) is 0 Å². The Morgan fingerprint density at radius 1 is 1.15 bits per heavy atom. The fraction of sp³-hybridized carbons (Fsp3) is 0.312. The molecule has 106 valence electrons. The minimum atomic E-state index is -0.122. The second-order valence-corrected chi connectivity index (χ2v) is 4.82. The Hall–Kier alpha value is -1.94. The van der Waals surface area contributed by atoms with Gasteiger partial charge >= 0.3 is 0 Å². The zero-order valence-electron chi connectivity index (χ0n) is 12.0. The van der Waals surface area contributed by atoms with Crippen LogP contribution >= 0.6 is 0 Å². The van der Waals surface area contributed by atoms with Crippen LogP contribution in [0, 0.1) is 19.7 Å². The summed E-state index contributed by atoms with van der Waals surface area (Å²) >= 11 is 0. The van der Waals surface area contributed by atoms with Crippen molar-refractivity contribution in [2.24, 2.45) is 0 Å². The Morgan fingerprint density at radius 3 is 2.50 bits per heavy atom. The first-order valence-electron chi connectivity index (χ1n) is 6.56. The van der Waals surface area contributed by atoms with Crippen molar-refractivity contribution in [3.8, 4) is 5.88 Å². The van der Waals surface area contributed by atoms with Crippen LogP contribution in [-0.2, 0) is 13.1 Å². The lowest BCUT2D eigenvalue weighted by atomic mass is 10.1. The van der Waals surface area contributed by atoms with Gasteiger partial charge in [-0.15, -0.1) is 0 Å². The van der Waals surface area contributed by atoms with E-state index >= 15 is 0 Å². The fourth-order valence-electron chi connectivity index (χ4n) is 2.14. The summed E-state index contributed by atoms with van der Waals surface area (Å²) in [5.74, 6) is 0.487. The number of aromatic nitrogens is 1. The summed E-state index contributed by atoms with van der Waals surface area (Å²) in [4.78, 5) is 4.33. The van der Waals surface area contributed by atoms with Gasteiger partial charge in [0.05, 0.1) is 12.8 Å². The summed E-state index contributed by atoms with van der Waals surface area (Å²) in [6, 6.07) is 9.41. The molecule has 0 saturated heterocycles. The van der Waals surface area contributed by atoms with Crippen molar-refractivity contribution in [1.29, 1.82) is 0 Å². The molecule has 0 unspecified atom stereocenters. The van der Waals surface area contributed by atoms with E-state index in [1.54, 1.807) is 21.0 Å². The normalized spacial score (nSPS) is 10.6. The van der Waals surface area contributed by atoms with Gasteiger partial charge in [-0.2, -0.15) is 0 Å². The third kappa shape index (κ3) is 3.54. The highest BCUT2D eigenvalue weighted by atomic mass is 19.1. The van der Waals surface area contributed by atoms with E-state index in [1.807, 2.05) is 30.3 Å². The third-order valence-corrected chi connectivity index (χ3v) is 3.12. The number of aryl methyl sites for hydroxylation is 2. The Labute approximate surface area is 118 Å². The first-order valence-corrected chi connectivity index (χ1v) is 6.56. The predicted molar refractivity (Wildman–Crippen MR) is 77.2 cm³/mol. The summed E-state index contributed by atoms with van der Waals surface area (Å²) in [6.07, 6.45) is 0. The van der Waals surface area contributed by atoms with Crippen LogP contribution in [0.3, 0.4) is 0 Å². The van der Waals surface area contributed by atoms with Crippen molar-refractivity contribution >= 4 is 0 Å². The molecular formula is C16H19FN2O. The van der Waals surface area contributed by atoms with Crippen molar-refractivity contribution in [1.82, 2.24) is 10.3 Å². The summed E-state index contributed by atoms with van der Waals surface area (Å²) in [5.41, 5.74) is 3.35. The third-order valence-electron chi connectivity index (χ3n) is 3.12. The van der Waals surface area contributed by atoms with Crippen LogP contribution in [-0.4, -0.2) is 12.1 Å². The van der Waals surface area contributed by atoms with E-state index in [0.29, 0.717) is 30.1 Å². The number of ether oxygens (including phenoxy) is 1. The van der Waals surface area contributed by atoms with E-state index in [2.05, 4.69) is 10.3 Å². The van der Waals surface area contributed by atoms with Crippen LogP contribution in [0.5, 0.6) is 5.88 Å². The molecule has 0 radical (unpaired) electrons. The fourth-order valence-corrected chi connectivity index (χ4v) is 2.14. The molecule has 0 saturated carbocycles. The SMILES string of the molecule is COc1cccc(CNCc2cc(C)c(F)c(C)c2)n1. The highest BCUT2D eigenvalue weighted by molar-refractivity contribution is 5.30. The van der Waals surface area contributed by atoms with Crippen LogP contribution < -0.4 is 10.1 Å². The lowest BCUT2D eigenvalue weighted by molar-refractivity contribution is 0.395. The van der Waals surface area contributed by atoms with Crippen molar-refractivity contribution in [3.63, 3.8) is 0 Å². The highest BCUT2D eigenvalue weighted by Crippen LogP contribution is 2.14. The van der Waals surface area contributed by atoms with Crippen molar-refractivity contribution in [2.75, 3.05) is 7.11 Å². The second-order valence-electron chi connectivity index (χ2n) is 4.82. The largest absolute Gasteiger partial charge is 0.481 e. The number of pyridine rings is 1. The number of nitrogens with zero attached hydrogens (tertiary/aromatic N) is 1. The van der Waals surface area contributed by atoms with Gasteiger partial charge in [-0.3, -0.25) is 0 Å². The lowest BCUT2D eigenvalue weighted by Crippen LogP contribution is -2.14. The van der Waals surface area contributed by atoms with Crippen LogP contribution in [0.15, 0.2) is 30.3 Å².